The number of hydrogen-bond donors (Lipinski definition) is 1. The minimum absolute atomic E-state index is 0.143. The quantitative estimate of drug-likeness (QED) is 0.863. The maximum absolute atomic E-state index is 12.1. The Balaban J connectivity index is 2.28. The molecule has 19 heavy (non-hydrogen) atoms. The minimum Gasteiger partial charge on any atom is -0.348 e. The summed E-state index contributed by atoms with van der Waals surface area (Å²) in [4.78, 5) is 16.3. The Morgan fingerprint density at radius 2 is 2.16 bits per heavy atom. The van der Waals surface area contributed by atoms with Crippen LogP contribution in [0.15, 0.2) is 30.3 Å². The molecule has 1 heterocycles. The maximum Gasteiger partial charge on any atom is 0.270 e. The van der Waals surface area contributed by atoms with E-state index < -0.39 is 0 Å². The van der Waals surface area contributed by atoms with Gasteiger partial charge in [0.15, 0.2) is 0 Å². The Morgan fingerprint density at radius 3 is 2.89 bits per heavy atom. The number of aromatic nitrogens is 1. The lowest BCUT2D eigenvalue weighted by molar-refractivity contribution is 0.0933. The van der Waals surface area contributed by atoms with Crippen molar-refractivity contribution in [2.45, 2.75) is 32.7 Å². The van der Waals surface area contributed by atoms with Gasteiger partial charge in [0.1, 0.15) is 10.8 Å². The number of fused-ring (bicyclic) bond motifs is 1. The van der Waals surface area contributed by atoms with E-state index in [2.05, 4.69) is 17.2 Å². The summed E-state index contributed by atoms with van der Waals surface area (Å²) in [5.41, 5.74) is 0.367. The van der Waals surface area contributed by atoms with Crippen molar-refractivity contribution in [2.75, 3.05) is 0 Å². The normalized spacial score (nSPS) is 12.4. The van der Waals surface area contributed by atoms with Gasteiger partial charge in [-0.1, -0.05) is 49.2 Å². The number of carbonyl (C=O) groups is 1. The van der Waals surface area contributed by atoms with Gasteiger partial charge in [-0.3, -0.25) is 4.79 Å². The zero-order chi connectivity index (χ0) is 13.8. The van der Waals surface area contributed by atoms with Crippen LogP contribution in [0.3, 0.4) is 0 Å². The van der Waals surface area contributed by atoms with E-state index in [1.165, 1.54) is 0 Å². The molecule has 100 valence electrons. The van der Waals surface area contributed by atoms with Crippen molar-refractivity contribution in [1.29, 1.82) is 0 Å². The molecule has 1 aromatic heterocycles. The summed E-state index contributed by atoms with van der Waals surface area (Å²) in [6.45, 7) is 4.08. The molecule has 0 spiro atoms. The van der Waals surface area contributed by atoms with E-state index in [4.69, 9.17) is 11.6 Å². The summed E-state index contributed by atoms with van der Waals surface area (Å²) in [7, 11) is 0. The molecule has 1 atom stereocenters. The van der Waals surface area contributed by atoms with Gasteiger partial charge < -0.3 is 5.32 Å². The molecule has 0 aliphatic carbocycles. The summed E-state index contributed by atoms with van der Waals surface area (Å²) < 4.78 is 0. The van der Waals surface area contributed by atoms with Crippen LogP contribution in [0.4, 0.5) is 0 Å². The van der Waals surface area contributed by atoms with Gasteiger partial charge in [-0.05, 0) is 24.8 Å². The highest BCUT2D eigenvalue weighted by Gasteiger charge is 2.13. The summed E-state index contributed by atoms with van der Waals surface area (Å²) >= 11 is 6.11. The molecule has 0 saturated carbocycles. The van der Waals surface area contributed by atoms with Crippen molar-refractivity contribution in [3.05, 3.63) is 41.2 Å². The van der Waals surface area contributed by atoms with Crippen molar-refractivity contribution >= 4 is 28.3 Å². The van der Waals surface area contributed by atoms with Crippen molar-refractivity contribution < 1.29 is 4.79 Å². The van der Waals surface area contributed by atoms with Gasteiger partial charge in [-0.25, -0.2) is 4.98 Å². The number of nitrogens with zero attached hydrogens (tertiary/aromatic N) is 1. The molecule has 0 aliphatic heterocycles. The van der Waals surface area contributed by atoms with Gasteiger partial charge in [0, 0.05) is 11.4 Å². The summed E-state index contributed by atoms with van der Waals surface area (Å²) in [5.74, 6) is -0.173. The highest BCUT2D eigenvalue weighted by molar-refractivity contribution is 6.34. The van der Waals surface area contributed by atoms with Crippen molar-refractivity contribution in [3.8, 4) is 0 Å². The molecule has 4 heteroatoms. The number of pyridine rings is 1. The number of nitrogens with one attached hydrogen (secondary N) is 1. The lowest BCUT2D eigenvalue weighted by Crippen LogP contribution is -2.32. The fourth-order valence-corrected chi connectivity index (χ4v) is 2.34. The Labute approximate surface area is 118 Å². The zero-order valence-electron chi connectivity index (χ0n) is 11.1. The average molecular weight is 277 g/mol. The first kappa shape index (κ1) is 13.8. The van der Waals surface area contributed by atoms with Gasteiger partial charge in [-0.2, -0.15) is 0 Å². The Kier molecular flexibility index (Phi) is 4.38. The molecule has 0 radical (unpaired) electrons. The molecular formula is C15H17ClN2O. The van der Waals surface area contributed by atoms with Crippen LogP contribution in [0.1, 0.15) is 37.2 Å². The van der Waals surface area contributed by atoms with E-state index in [0.717, 1.165) is 23.6 Å². The predicted molar refractivity (Wildman–Crippen MR) is 78.6 cm³/mol. The van der Waals surface area contributed by atoms with Crippen LogP contribution < -0.4 is 5.32 Å². The smallest absolute Gasteiger partial charge is 0.270 e. The first-order valence-corrected chi connectivity index (χ1v) is 6.85. The molecule has 0 bridgehead atoms. The van der Waals surface area contributed by atoms with Gasteiger partial charge in [-0.15, -0.1) is 0 Å². The molecule has 3 nitrogen and oxygen atoms in total. The largest absolute Gasteiger partial charge is 0.348 e. The zero-order valence-corrected chi connectivity index (χ0v) is 11.9. The summed E-state index contributed by atoms with van der Waals surface area (Å²) in [6.07, 6.45) is 1.99. The van der Waals surface area contributed by atoms with Gasteiger partial charge in [0.05, 0.1) is 0 Å². The van der Waals surface area contributed by atoms with Crippen LogP contribution >= 0.6 is 11.6 Å². The average Bonchev–Trinajstić information content (AvgIpc) is 2.39. The lowest BCUT2D eigenvalue weighted by atomic mass is 10.1. The highest BCUT2D eigenvalue weighted by atomic mass is 35.5. The van der Waals surface area contributed by atoms with Crippen LogP contribution in [-0.2, 0) is 0 Å². The summed E-state index contributed by atoms with van der Waals surface area (Å²) in [6, 6.07) is 9.56. The Hall–Kier alpha value is -1.61. The second kappa shape index (κ2) is 6.02. The van der Waals surface area contributed by atoms with Crippen LogP contribution in [0.2, 0.25) is 5.15 Å². The molecule has 1 unspecified atom stereocenters. The third-order valence-electron chi connectivity index (χ3n) is 3.03. The predicted octanol–water partition coefficient (Wildman–Crippen LogP) is 3.81. The van der Waals surface area contributed by atoms with Crippen LogP contribution in [0.25, 0.3) is 10.8 Å². The number of carbonyl (C=O) groups excluding carboxylic acids is 1. The van der Waals surface area contributed by atoms with Gasteiger partial charge in [0.2, 0.25) is 0 Å². The molecule has 2 aromatic rings. The second-order valence-electron chi connectivity index (χ2n) is 4.68. The number of halogens is 1. The second-order valence-corrected chi connectivity index (χ2v) is 5.04. The van der Waals surface area contributed by atoms with Crippen molar-refractivity contribution in [2.24, 2.45) is 0 Å². The first-order valence-electron chi connectivity index (χ1n) is 6.48. The SMILES string of the molecule is CCCC(C)NC(=O)c1cc2ccccc2c(Cl)n1. The van der Waals surface area contributed by atoms with Crippen LogP contribution in [-0.4, -0.2) is 16.9 Å². The molecular weight excluding hydrogens is 260 g/mol. The maximum atomic E-state index is 12.1. The topological polar surface area (TPSA) is 42.0 Å². The number of amides is 1. The van der Waals surface area contributed by atoms with Crippen LogP contribution in [0.5, 0.6) is 0 Å². The van der Waals surface area contributed by atoms with Crippen LogP contribution in [0, 0.1) is 0 Å². The standard InChI is InChI=1S/C15H17ClN2O/c1-3-6-10(2)17-15(19)13-9-11-7-4-5-8-12(11)14(16)18-13/h4-5,7-10H,3,6H2,1-2H3,(H,17,19). The monoisotopic (exact) mass is 276 g/mol. The van der Waals surface area contributed by atoms with Gasteiger partial charge >= 0.3 is 0 Å². The molecule has 0 saturated heterocycles. The van der Waals surface area contributed by atoms with E-state index >= 15 is 0 Å². The Morgan fingerprint density at radius 1 is 1.42 bits per heavy atom. The first-order chi connectivity index (χ1) is 9.11. The fraction of sp³-hybridized carbons (Fsp3) is 0.333. The van der Waals surface area contributed by atoms with E-state index in [-0.39, 0.29) is 11.9 Å². The number of benzene rings is 1. The third kappa shape index (κ3) is 3.24. The third-order valence-corrected chi connectivity index (χ3v) is 3.31. The molecule has 2 rings (SSSR count). The van der Waals surface area contributed by atoms with Gasteiger partial charge in [0.25, 0.3) is 5.91 Å². The van der Waals surface area contributed by atoms with Crippen molar-refractivity contribution in [1.82, 2.24) is 10.3 Å². The highest BCUT2D eigenvalue weighted by Crippen LogP contribution is 2.22. The van der Waals surface area contributed by atoms with E-state index in [9.17, 15) is 4.79 Å². The number of rotatable bonds is 4. The fourth-order valence-electron chi connectivity index (χ4n) is 2.08. The summed E-state index contributed by atoms with van der Waals surface area (Å²) in [5, 5.41) is 5.09. The molecule has 1 aromatic carbocycles. The molecule has 0 aliphatic rings. The van der Waals surface area contributed by atoms with E-state index in [1.807, 2.05) is 31.2 Å². The van der Waals surface area contributed by atoms with Crippen molar-refractivity contribution in [3.63, 3.8) is 0 Å². The molecule has 1 amide bonds. The minimum atomic E-state index is -0.173. The lowest BCUT2D eigenvalue weighted by Gasteiger charge is -2.12. The van der Waals surface area contributed by atoms with E-state index in [1.54, 1.807) is 6.07 Å². The number of hydrogen-bond acceptors (Lipinski definition) is 2. The molecule has 1 N–H and O–H groups in total. The molecule has 0 fully saturated rings. The van der Waals surface area contributed by atoms with E-state index in [0.29, 0.717) is 10.8 Å². The Bertz CT molecular complexity index is 598.